The van der Waals surface area contributed by atoms with Crippen molar-refractivity contribution >= 4 is 50.5 Å². The fraction of sp³-hybridized carbons (Fsp3) is 0.174. The van der Waals surface area contributed by atoms with Crippen LogP contribution in [-0.2, 0) is 16.4 Å². The number of amides is 1. The minimum absolute atomic E-state index is 0.185. The van der Waals surface area contributed by atoms with Crippen molar-refractivity contribution in [3.63, 3.8) is 0 Å². The van der Waals surface area contributed by atoms with Crippen molar-refractivity contribution in [1.82, 2.24) is 0 Å². The van der Waals surface area contributed by atoms with Crippen LogP contribution >= 0.6 is 23.2 Å². The molecule has 3 aromatic carbocycles. The Hall–Kier alpha value is -2.54. The number of carbonyl (C=O) groups is 1. The Balaban J connectivity index is 1.62. The highest BCUT2D eigenvalue weighted by atomic mass is 35.5. The van der Waals surface area contributed by atoms with Crippen LogP contribution in [-0.4, -0.2) is 20.9 Å². The number of sulfonamides is 1. The maximum absolute atomic E-state index is 13.2. The van der Waals surface area contributed by atoms with Gasteiger partial charge in [0.15, 0.2) is 0 Å². The predicted molar refractivity (Wildman–Crippen MR) is 125 cm³/mol. The third-order valence-corrected chi connectivity index (χ3v) is 7.57. The number of anilines is 2. The number of aryl methyl sites for hydroxylation is 2. The topological polar surface area (TPSA) is 66.5 Å². The van der Waals surface area contributed by atoms with Crippen LogP contribution in [0, 0.1) is 6.92 Å². The molecule has 8 heteroatoms. The first-order valence-corrected chi connectivity index (χ1v) is 11.9. The van der Waals surface area contributed by atoms with Crippen LogP contribution in [0.15, 0.2) is 65.6 Å². The molecule has 0 saturated heterocycles. The third kappa shape index (κ3) is 4.42. The molecule has 1 aliphatic heterocycles. The van der Waals surface area contributed by atoms with E-state index in [9.17, 15) is 13.2 Å². The molecule has 31 heavy (non-hydrogen) atoms. The smallest absolute Gasteiger partial charge is 0.264 e. The van der Waals surface area contributed by atoms with Crippen molar-refractivity contribution in [3.05, 3.63) is 87.4 Å². The molecule has 0 radical (unpaired) electrons. The van der Waals surface area contributed by atoms with Gasteiger partial charge in [0.2, 0.25) is 0 Å². The molecular weight excluding hydrogens is 455 g/mol. The maximum atomic E-state index is 13.2. The van der Waals surface area contributed by atoms with E-state index in [0.29, 0.717) is 46.4 Å². The molecule has 3 aromatic rings. The molecule has 1 amide bonds. The number of rotatable bonds is 4. The normalized spacial score (nSPS) is 13.6. The predicted octanol–water partition coefficient (Wildman–Crippen LogP) is 5.70. The van der Waals surface area contributed by atoms with Gasteiger partial charge in [-0.15, -0.1) is 0 Å². The van der Waals surface area contributed by atoms with E-state index in [1.807, 2.05) is 6.92 Å². The lowest BCUT2D eigenvalue weighted by Crippen LogP contribution is -2.35. The standard InChI is InChI=1S/C23H20Cl2N2O3S/c1-15-13-19(25)7-10-21(15)26-23(28)17-4-11-22-16(14-17)3-2-12-27(22)31(29,30)20-8-5-18(24)6-9-20/h4-11,13-14H,2-3,12H2,1H3,(H,26,28). The Kier molecular flexibility index (Phi) is 5.97. The van der Waals surface area contributed by atoms with E-state index in [0.717, 1.165) is 11.1 Å². The molecule has 0 aliphatic carbocycles. The fourth-order valence-electron chi connectivity index (χ4n) is 3.65. The van der Waals surface area contributed by atoms with Crippen molar-refractivity contribution in [3.8, 4) is 0 Å². The highest BCUT2D eigenvalue weighted by molar-refractivity contribution is 7.92. The second-order valence-corrected chi connectivity index (χ2v) is 10.1. The first-order valence-electron chi connectivity index (χ1n) is 9.74. The highest BCUT2D eigenvalue weighted by Crippen LogP contribution is 2.33. The molecule has 1 aliphatic rings. The van der Waals surface area contributed by atoms with Gasteiger partial charge in [-0.1, -0.05) is 23.2 Å². The number of hydrogen-bond acceptors (Lipinski definition) is 3. The zero-order valence-corrected chi connectivity index (χ0v) is 19.1. The van der Waals surface area contributed by atoms with Gasteiger partial charge >= 0.3 is 0 Å². The summed E-state index contributed by atoms with van der Waals surface area (Å²) in [7, 11) is -3.72. The Morgan fingerprint density at radius 3 is 2.39 bits per heavy atom. The average molecular weight is 475 g/mol. The van der Waals surface area contributed by atoms with Crippen molar-refractivity contribution in [1.29, 1.82) is 0 Å². The number of hydrogen-bond donors (Lipinski definition) is 1. The molecule has 0 aromatic heterocycles. The summed E-state index contributed by atoms with van der Waals surface area (Å²) in [6.45, 7) is 2.25. The average Bonchev–Trinajstić information content (AvgIpc) is 2.75. The van der Waals surface area contributed by atoms with E-state index in [-0.39, 0.29) is 10.8 Å². The van der Waals surface area contributed by atoms with Crippen LogP contribution in [0.3, 0.4) is 0 Å². The Morgan fingerprint density at radius 2 is 1.68 bits per heavy atom. The number of halogens is 2. The van der Waals surface area contributed by atoms with E-state index < -0.39 is 10.0 Å². The first-order chi connectivity index (χ1) is 14.8. The summed E-state index contributed by atoms with van der Waals surface area (Å²) in [5.74, 6) is -0.258. The van der Waals surface area contributed by atoms with Crippen LogP contribution in [0.5, 0.6) is 0 Å². The van der Waals surface area contributed by atoms with Gasteiger partial charge in [0.25, 0.3) is 15.9 Å². The SMILES string of the molecule is Cc1cc(Cl)ccc1NC(=O)c1ccc2c(c1)CCCN2S(=O)(=O)c1ccc(Cl)cc1. The van der Waals surface area contributed by atoms with E-state index >= 15 is 0 Å². The molecule has 0 spiro atoms. The summed E-state index contributed by atoms with van der Waals surface area (Å²) in [5.41, 5.74) is 3.43. The zero-order chi connectivity index (χ0) is 22.2. The lowest BCUT2D eigenvalue weighted by molar-refractivity contribution is 0.102. The van der Waals surface area contributed by atoms with Gasteiger partial charge in [0.05, 0.1) is 10.6 Å². The van der Waals surface area contributed by atoms with Crippen LogP contribution in [0.4, 0.5) is 11.4 Å². The summed E-state index contributed by atoms with van der Waals surface area (Å²) in [6, 6.07) is 16.5. The van der Waals surface area contributed by atoms with Crippen molar-refractivity contribution in [2.24, 2.45) is 0 Å². The van der Waals surface area contributed by atoms with E-state index in [2.05, 4.69) is 5.32 Å². The Morgan fingerprint density at radius 1 is 0.968 bits per heavy atom. The van der Waals surface area contributed by atoms with Gasteiger partial charge in [0, 0.05) is 27.8 Å². The largest absolute Gasteiger partial charge is 0.322 e. The molecule has 0 bridgehead atoms. The number of fused-ring (bicyclic) bond motifs is 1. The molecule has 0 unspecified atom stereocenters. The lowest BCUT2D eigenvalue weighted by Gasteiger charge is -2.30. The molecule has 160 valence electrons. The van der Waals surface area contributed by atoms with Crippen molar-refractivity contribution < 1.29 is 13.2 Å². The number of benzene rings is 3. The number of nitrogens with one attached hydrogen (secondary N) is 1. The van der Waals surface area contributed by atoms with Gasteiger partial charge in [0.1, 0.15) is 0 Å². The fourth-order valence-corrected chi connectivity index (χ4v) is 5.54. The second-order valence-electron chi connectivity index (χ2n) is 7.39. The van der Waals surface area contributed by atoms with E-state index in [4.69, 9.17) is 23.2 Å². The van der Waals surface area contributed by atoms with Gasteiger partial charge in [-0.05, 0) is 91.6 Å². The quantitative estimate of drug-likeness (QED) is 0.527. The maximum Gasteiger partial charge on any atom is 0.264 e. The Labute approximate surface area is 191 Å². The minimum atomic E-state index is -3.72. The molecule has 5 nitrogen and oxygen atoms in total. The van der Waals surface area contributed by atoms with E-state index in [1.54, 1.807) is 48.5 Å². The van der Waals surface area contributed by atoms with Crippen molar-refractivity contribution in [2.75, 3.05) is 16.2 Å². The molecule has 0 fully saturated rings. The first kappa shape index (κ1) is 21.7. The number of nitrogens with zero attached hydrogens (tertiary/aromatic N) is 1. The molecule has 4 rings (SSSR count). The van der Waals surface area contributed by atoms with Crippen LogP contribution < -0.4 is 9.62 Å². The molecule has 0 saturated carbocycles. The second kappa shape index (κ2) is 8.54. The summed E-state index contributed by atoms with van der Waals surface area (Å²) >= 11 is 11.9. The summed E-state index contributed by atoms with van der Waals surface area (Å²) < 4.78 is 27.8. The van der Waals surface area contributed by atoms with Gasteiger partial charge < -0.3 is 5.32 Å². The summed E-state index contributed by atoms with van der Waals surface area (Å²) in [5, 5.41) is 3.97. The van der Waals surface area contributed by atoms with Crippen LogP contribution in [0.1, 0.15) is 27.9 Å². The van der Waals surface area contributed by atoms with Gasteiger partial charge in [-0.2, -0.15) is 0 Å². The van der Waals surface area contributed by atoms with E-state index in [1.165, 1.54) is 16.4 Å². The van der Waals surface area contributed by atoms with Gasteiger partial charge in [-0.25, -0.2) is 8.42 Å². The van der Waals surface area contributed by atoms with Crippen LogP contribution in [0.2, 0.25) is 10.0 Å². The monoisotopic (exact) mass is 474 g/mol. The Bertz CT molecular complexity index is 1260. The lowest BCUT2D eigenvalue weighted by atomic mass is 10.0. The van der Waals surface area contributed by atoms with Crippen molar-refractivity contribution in [2.45, 2.75) is 24.7 Å². The highest BCUT2D eigenvalue weighted by Gasteiger charge is 2.29. The molecule has 1 N–H and O–H groups in total. The molecule has 1 heterocycles. The molecule has 0 atom stereocenters. The third-order valence-electron chi connectivity index (χ3n) is 5.26. The zero-order valence-electron chi connectivity index (χ0n) is 16.7. The number of carbonyl (C=O) groups excluding carboxylic acids is 1. The summed E-state index contributed by atoms with van der Waals surface area (Å²) in [4.78, 5) is 13.0. The minimum Gasteiger partial charge on any atom is -0.322 e. The summed E-state index contributed by atoms with van der Waals surface area (Å²) in [6.07, 6.45) is 1.37. The molecular formula is C23H20Cl2N2O3S. The van der Waals surface area contributed by atoms with Crippen LogP contribution in [0.25, 0.3) is 0 Å². The van der Waals surface area contributed by atoms with Gasteiger partial charge in [-0.3, -0.25) is 9.10 Å².